The Kier molecular flexibility index (Phi) is 10.5. The molecule has 152 valence electrons. The van der Waals surface area contributed by atoms with Crippen LogP contribution in [0.25, 0.3) is 0 Å². The van der Waals surface area contributed by atoms with Gasteiger partial charge in [-0.15, -0.1) is 24.8 Å². The van der Waals surface area contributed by atoms with Crippen LogP contribution in [0.3, 0.4) is 0 Å². The molecule has 0 saturated carbocycles. The second kappa shape index (κ2) is 11.8. The number of carbonyl (C=O) groups is 2. The number of anilines is 1. The molecule has 6 nitrogen and oxygen atoms in total. The lowest BCUT2D eigenvalue weighted by atomic mass is 10.1. The summed E-state index contributed by atoms with van der Waals surface area (Å²) >= 11 is 1.89. The maximum absolute atomic E-state index is 12.2. The van der Waals surface area contributed by atoms with Gasteiger partial charge in [-0.3, -0.25) is 14.5 Å². The van der Waals surface area contributed by atoms with Gasteiger partial charge in [0.15, 0.2) is 0 Å². The Labute approximate surface area is 177 Å². The first-order chi connectivity index (χ1) is 12.1. The molecule has 0 radical (unpaired) electrons. The summed E-state index contributed by atoms with van der Waals surface area (Å²) in [5, 5.41) is 6.37. The lowest BCUT2D eigenvalue weighted by Gasteiger charge is -2.23. The Morgan fingerprint density at radius 3 is 2.85 bits per heavy atom. The number of hydrogen-bond acceptors (Lipinski definition) is 5. The topological polar surface area (TPSA) is 87.5 Å². The number of nitrogens with zero attached hydrogens (tertiary/aromatic N) is 1. The average molecular weight is 435 g/mol. The lowest BCUT2D eigenvalue weighted by molar-refractivity contribution is -0.122. The van der Waals surface area contributed by atoms with Crippen LogP contribution in [0.1, 0.15) is 24.8 Å². The predicted molar refractivity (Wildman–Crippen MR) is 116 cm³/mol. The number of amides is 2. The van der Waals surface area contributed by atoms with Gasteiger partial charge in [-0.25, -0.2) is 0 Å². The van der Waals surface area contributed by atoms with Crippen LogP contribution in [0.2, 0.25) is 0 Å². The van der Waals surface area contributed by atoms with Gasteiger partial charge in [0, 0.05) is 42.7 Å². The summed E-state index contributed by atoms with van der Waals surface area (Å²) in [4.78, 5) is 25.9. The molecule has 2 unspecified atom stereocenters. The Balaban J connectivity index is 0.00000182. The molecule has 2 fully saturated rings. The highest BCUT2D eigenvalue weighted by Gasteiger charge is 2.28. The van der Waals surface area contributed by atoms with Crippen LogP contribution in [0.5, 0.6) is 0 Å². The lowest BCUT2D eigenvalue weighted by Crippen LogP contribution is -2.40. The summed E-state index contributed by atoms with van der Waals surface area (Å²) in [5.41, 5.74) is 7.37. The molecule has 0 spiro atoms. The molecule has 2 saturated heterocycles. The van der Waals surface area contributed by atoms with Crippen molar-refractivity contribution in [2.24, 2.45) is 5.73 Å². The van der Waals surface area contributed by atoms with Gasteiger partial charge in [0.2, 0.25) is 11.8 Å². The summed E-state index contributed by atoms with van der Waals surface area (Å²) in [6, 6.07) is 7.92. The van der Waals surface area contributed by atoms with Crippen LogP contribution >= 0.6 is 36.6 Å². The van der Waals surface area contributed by atoms with Crippen molar-refractivity contribution in [3.63, 3.8) is 0 Å². The largest absolute Gasteiger partial charge is 0.368 e. The van der Waals surface area contributed by atoms with Crippen molar-refractivity contribution in [1.29, 1.82) is 0 Å². The maximum atomic E-state index is 12.2. The zero-order valence-corrected chi connectivity index (χ0v) is 17.6. The predicted octanol–water partition coefficient (Wildman–Crippen LogP) is 2.01. The van der Waals surface area contributed by atoms with E-state index in [0.717, 1.165) is 48.7 Å². The summed E-state index contributed by atoms with van der Waals surface area (Å²) < 4.78 is 0. The van der Waals surface area contributed by atoms with E-state index in [4.69, 9.17) is 5.73 Å². The molecule has 2 aliphatic rings. The van der Waals surface area contributed by atoms with Crippen molar-refractivity contribution >= 4 is 54.1 Å². The van der Waals surface area contributed by atoms with E-state index < -0.39 is 0 Å². The van der Waals surface area contributed by atoms with E-state index >= 15 is 0 Å². The van der Waals surface area contributed by atoms with E-state index in [1.54, 1.807) is 0 Å². The minimum absolute atomic E-state index is 0. The number of hydrogen-bond donors (Lipinski definition) is 3. The van der Waals surface area contributed by atoms with Crippen molar-refractivity contribution in [3.8, 4) is 0 Å². The average Bonchev–Trinajstić information content (AvgIpc) is 3.04. The molecule has 2 amide bonds. The quantitative estimate of drug-likeness (QED) is 0.637. The minimum Gasteiger partial charge on any atom is -0.368 e. The number of likely N-dealkylation sites (tertiary alicyclic amines) is 1. The molecule has 9 heteroatoms. The molecule has 27 heavy (non-hydrogen) atoms. The van der Waals surface area contributed by atoms with Crippen LogP contribution < -0.4 is 16.4 Å². The zero-order chi connectivity index (χ0) is 17.6. The van der Waals surface area contributed by atoms with Crippen molar-refractivity contribution in [2.45, 2.75) is 37.9 Å². The first-order valence-electron chi connectivity index (χ1n) is 8.85. The van der Waals surface area contributed by atoms with E-state index in [9.17, 15) is 9.59 Å². The third-order valence-corrected chi connectivity index (χ3v) is 5.85. The SMILES string of the molecule is Cl.Cl.NC(=O)C1CCCN1Cc1cccc(NC(=O)CC2CSCCN2)c1. The Morgan fingerprint density at radius 1 is 1.33 bits per heavy atom. The highest BCUT2D eigenvalue weighted by atomic mass is 35.5. The van der Waals surface area contributed by atoms with E-state index in [-0.39, 0.29) is 48.7 Å². The molecule has 2 aliphatic heterocycles. The molecule has 1 aromatic carbocycles. The molecule has 1 aromatic rings. The van der Waals surface area contributed by atoms with Gasteiger partial charge in [0.25, 0.3) is 0 Å². The highest BCUT2D eigenvalue weighted by molar-refractivity contribution is 7.99. The van der Waals surface area contributed by atoms with Crippen molar-refractivity contribution < 1.29 is 9.59 Å². The van der Waals surface area contributed by atoms with Gasteiger partial charge >= 0.3 is 0 Å². The minimum atomic E-state index is -0.250. The van der Waals surface area contributed by atoms with Crippen LogP contribution in [0.4, 0.5) is 5.69 Å². The number of halogens is 2. The standard InChI is InChI=1S/C18H26N4O2S.2ClH/c19-18(24)16-5-2-7-22(16)11-13-3-1-4-14(9-13)21-17(23)10-15-12-25-8-6-20-15;;/h1,3-4,9,15-16,20H,2,5-8,10-12H2,(H2,19,24)(H,21,23);2*1H. The van der Waals surface area contributed by atoms with E-state index in [1.807, 2.05) is 36.0 Å². The molecule has 0 aliphatic carbocycles. The van der Waals surface area contributed by atoms with Gasteiger partial charge in [-0.05, 0) is 37.1 Å². The molecule has 3 rings (SSSR count). The number of benzene rings is 1. The number of nitrogens with one attached hydrogen (secondary N) is 2. The molecule has 2 atom stereocenters. The fourth-order valence-corrected chi connectivity index (χ4v) is 4.46. The molecular weight excluding hydrogens is 407 g/mol. The zero-order valence-electron chi connectivity index (χ0n) is 15.2. The molecular formula is C18H28Cl2N4O2S. The number of carbonyl (C=O) groups excluding carboxylic acids is 2. The molecule has 2 heterocycles. The van der Waals surface area contributed by atoms with Crippen LogP contribution in [0.15, 0.2) is 24.3 Å². The van der Waals surface area contributed by atoms with Gasteiger partial charge < -0.3 is 16.4 Å². The highest BCUT2D eigenvalue weighted by Crippen LogP contribution is 2.21. The Morgan fingerprint density at radius 2 is 2.15 bits per heavy atom. The van der Waals surface area contributed by atoms with Crippen molar-refractivity contribution in [1.82, 2.24) is 10.2 Å². The third kappa shape index (κ3) is 7.16. The van der Waals surface area contributed by atoms with Crippen LogP contribution in [-0.4, -0.2) is 53.4 Å². The van der Waals surface area contributed by atoms with Gasteiger partial charge in [0.05, 0.1) is 6.04 Å². The second-order valence-electron chi connectivity index (χ2n) is 6.71. The third-order valence-electron chi connectivity index (χ3n) is 4.72. The Hall–Kier alpha value is -0.990. The summed E-state index contributed by atoms with van der Waals surface area (Å²) in [7, 11) is 0. The summed E-state index contributed by atoms with van der Waals surface area (Å²) in [5.74, 6) is 1.88. The smallest absolute Gasteiger partial charge is 0.234 e. The van der Waals surface area contributed by atoms with Crippen LogP contribution in [0, 0.1) is 0 Å². The summed E-state index contributed by atoms with van der Waals surface area (Å²) in [6.45, 7) is 2.53. The molecule has 4 N–H and O–H groups in total. The first-order valence-corrected chi connectivity index (χ1v) is 10.0. The Bertz CT molecular complexity index is 629. The normalized spacial score (nSPS) is 22.4. The number of primary amides is 1. The van der Waals surface area contributed by atoms with Gasteiger partial charge in [0.1, 0.15) is 0 Å². The number of thioether (sulfide) groups is 1. The fraction of sp³-hybridized carbons (Fsp3) is 0.556. The van der Waals surface area contributed by atoms with Gasteiger partial charge in [-0.1, -0.05) is 12.1 Å². The van der Waals surface area contributed by atoms with Gasteiger partial charge in [-0.2, -0.15) is 11.8 Å². The number of nitrogens with two attached hydrogens (primary N) is 1. The monoisotopic (exact) mass is 434 g/mol. The van der Waals surface area contributed by atoms with E-state index in [2.05, 4.69) is 15.5 Å². The molecule has 0 bridgehead atoms. The summed E-state index contributed by atoms with van der Waals surface area (Å²) in [6.07, 6.45) is 2.32. The van der Waals surface area contributed by atoms with E-state index in [1.165, 1.54) is 0 Å². The van der Waals surface area contributed by atoms with Crippen molar-refractivity contribution in [3.05, 3.63) is 29.8 Å². The van der Waals surface area contributed by atoms with Crippen molar-refractivity contribution in [2.75, 3.05) is 29.9 Å². The van der Waals surface area contributed by atoms with Crippen LogP contribution in [-0.2, 0) is 16.1 Å². The number of rotatable bonds is 6. The fourth-order valence-electron chi connectivity index (χ4n) is 3.51. The molecule has 0 aromatic heterocycles. The second-order valence-corrected chi connectivity index (χ2v) is 7.86. The maximum Gasteiger partial charge on any atom is 0.234 e. The first kappa shape index (κ1) is 24.0. The van der Waals surface area contributed by atoms with E-state index in [0.29, 0.717) is 13.0 Å².